The topological polar surface area (TPSA) is 35.0 Å². The molecule has 2 heterocycles. The predicted octanol–water partition coefficient (Wildman–Crippen LogP) is 6.91. The van der Waals surface area contributed by atoms with Crippen LogP contribution in [0.5, 0.6) is 5.75 Å². The Morgan fingerprint density at radius 1 is 0.833 bits per heavy atom. The molecule has 0 radical (unpaired) electrons. The Balaban J connectivity index is 1.72. The second-order valence-electron chi connectivity index (χ2n) is 7.35. The lowest BCUT2D eigenvalue weighted by atomic mass is 9.95. The summed E-state index contributed by atoms with van der Waals surface area (Å²) in [7, 11) is 0. The van der Waals surface area contributed by atoms with Gasteiger partial charge in [0.05, 0.1) is 17.8 Å². The molecular formula is C27H22N2O. The first-order valence-electron chi connectivity index (χ1n) is 10.3. The third-order valence-electron chi connectivity index (χ3n) is 5.29. The van der Waals surface area contributed by atoms with Crippen molar-refractivity contribution < 1.29 is 4.74 Å². The first kappa shape index (κ1) is 18.3. The van der Waals surface area contributed by atoms with Gasteiger partial charge in [-0.3, -0.25) is 4.98 Å². The van der Waals surface area contributed by atoms with Gasteiger partial charge in [0, 0.05) is 28.9 Å². The molecule has 3 nitrogen and oxygen atoms in total. The van der Waals surface area contributed by atoms with Gasteiger partial charge in [0.25, 0.3) is 0 Å². The molecule has 0 amide bonds. The van der Waals surface area contributed by atoms with E-state index in [9.17, 15) is 0 Å². The van der Waals surface area contributed by atoms with Gasteiger partial charge < -0.3 is 4.74 Å². The summed E-state index contributed by atoms with van der Waals surface area (Å²) in [6.07, 6.45) is 4.72. The number of hydrogen-bond acceptors (Lipinski definition) is 3. The molecule has 0 N–H and O–H groups in total. The first-order valence-corrected chi connectivity index (χ1v) is 10.3. The van der Waals surface area contributed by atoms with Crippen molar-refractivity contribution >= 4 is 21.7 Å². The fraction of sp³-hybridized carbons (Fsp3) is 0.111. The van der Waals surface area contributed by atoms with Gasteiger partial charge in [0.2, 0.25) is 0 Å². The molecule has 0 bridgehead atoms. The minimum absolute atomic E-state index is 0.728. The zero-order valence-corrected chi connectivity index (χ0v) is 16.9. The second kappa shape index (κ2) is 7.96. The van der Waals surface area contributed by atoms with Gasteiger partial charge in [0.1, 0.15) is 5.75 Å². The molecule has 0 atom stereocenters. The molecule has 0 spiro atoms. The first-order chi connectivity index (χ1) is 14.8. The summed E-state index contributed by atoms with van der Waals surface area (Å²) in [5, 5.41) is 3.58. The lowest BCUT2D eigenvalue weighted by molar-refractivity contribution is 0.317. The molecular weight excluding hydrogens is 368 g/mol. The number of fused-ring (bicyclic) bond motifs is 3. The van der Waals surface area contributed by atoms with E-state index in [1.54, 1.807) is 6.20 Å². The van der Waals surface area contributed by atoms with Crippen LogP contribution in [-0.4, -0.2) is 16.6 Å². The van der Waals surface area contributed by atoms with Gasteiger partial charge >= 0.3 is 0 Å². The molecule has 0 unspecified atom stereocenters. The molecule has 30 heavy (non-hydrogen) atoms. The highest BCUT2D eigenvalue weighted by Crippen LogP contribution is 2.36. The van der Waals surface area contributed by atoms with Gasteiger partial charge in [-0.2, -0.15) is 0 Å². The van der Waals surface area contributed by atoms with Crippen LogP contribution >= 0.6 is 0 Å². The van der Waals surface area contributed by atoms with E-state index in [4.69, 9.17) is 9.72 Å². The van der Waals surface area contributed by atoms with Gasteiger partial charge in [-0.25, -0.2) is 4.98 Å². The highest BCUT2D eigenvalue weighted by atomic mass is 16.5. The van der Waals surface area contributed by atoms with Crippen molar-refractivity contribution in [2.24, 2.45) is 0 Å². The van der Waals surface area contributed by atoms with Crippen molar-refractivity contribution in [1.29, 1.82) is 0 Å². The maximum atomic E-state index is 5.73. The van der Waals surface area contributed by atoms with Crippen molar-refractivity contribution in [1.82, 2.24) is 9.97 Å². The molecule has 0 fully saturated rings. The normalized spacial score (nSPS) is 11.1. The smallest absolute Gasteiger partial charge is 0.119 e. The minimum atomic E-state index is 0.728. The van der Waals surface area contributed by atoms with E-state index in [1.807, 2.05) is 24.4 Å². The van der Waals surface area contributed by atoms with Crippen LogP contribution < -0.4 is 4.74 Å². The molecule has 0 aliphatic carbocycles. The average Bonchev–Trinajstić information content (AvgIpc) is 2.82. The van der Waals surface area contributed by atoms with E-state index < -0.39 is 0 Å². The van der Waals surface area contributed by atoms with Gasteiger partial charge in [-0.05, 0) is 65.2 Å². The van der Waals surface area contributed by atoms with Crippen LogP contribution in [0.4, 0.5) is 0 Å². The Morgan fingerprint density at radius 3 is 2.50 bits per heavy atom. The van der Waals surface area contributed by atoms with Crippen molar-refractivity contribution in [3.8, 4) is 28.1 Å². The van der Waals surface area contributed by atoms with Crippen molar-refractivity contribution in [2.45, 2.75) is 13.3 Å². The summed E-state index contributed by atoms with van der Waals surface area (Å²) in [5.74, 6) is 0.889. The molecule has 5 rings (SSSR count). The van der Waals surface area contributed by atoms with Crippen molar-refractivity contribution in [3.63, 3.8) is 0 Å². The van der Waals surface area contributed by atoms with Gasteiger partial charge in [-0.1, -0.05) is 43.3 Å². The number of aromatic nitrogens is 2. The summed E-state index contributed by atoms with van der Waals surface area (Å²) in [4.78, 5) is 9.37. The summed E-state index contributed by atoms with van der Waals surface area (Å²) in [6.45, 7) is 2.84. The van der Waals surface area contributed by atoms with Crippen LogP contribution in [0, 0.1) is 0 Å². The monoisotopic (exact) mass is 390 g/mol. The Bertz CT molecular complexity index is 1310. The zero-order valence-electron chi connectivity index (χ0n) is 16.9. The number of ether oxygens (including phenoxy) is 1. The van der Waals surface area contributed by atoms with Gasteiger partial charge in [0.15, 0.2) is 0 Å². The number of nitrogens with zero attached hydrogens (tertiary/aromatic N) is 2. The predicted molar refractivity (Wildman–Crippen MR) is 124 cm³/mol. The lowest BCUT2D eigenvalue weighted by Crippen LogP contribution is -1.95. The number of pyridine rings is 2. The SMILES string of the molecule is CCCOc1ccc(-c2cc(-c3cccnc3)c3c(ccc4ccccc43)n2)cc1. The molecule has 146 valence electrons. The van der Waals surface area contributed by atoms with Crippen LogP contribution in [0.1, 0.15) is 13.3 Å². The summed E-state index contributed by atoms with van der Waals surface area (Å²) >= 11 is 0. The Morgan fingerprint density at radius 2 is 1.70 bits per heavy atom. The maximum absolute atomic E-state index is 5.73. The average molecular weight is 390 g/mol. The summed E-state index contributed by atoms with van der Waals surface area (Å²) in [5.41, 5.74) is 5.23. The van der Waals surface area contributed by atoms with E-state index in [0.717, 1.165) is 52.1 Å². The van der Waals surface area contributed by atoms with Gasteiger partial charge in [-0.15, -0.1) is 0 Å². The third kappa shape index (κ3) is 3.39. The highest BCUT2D eigenvalue weighted by Gasteiger charge is 2.12. The van der Waals surface area contributed by atoms with Crippen LogP contribution in [0.3, 0.4) is 0 Å². The quantitative estimate of drug-likeness (QED) is 0.306. The molecule has 5 aromatic rings. The number of hydrogen-bond donors (Lipinski definition) is 0. The standard InChI is InChI=1S/C27H22N2O/c1-2-16-30-22-12-9-20(10-13-22)26-17-24(21-7-5-15-28-18-21)27-23-8-4-3-6-19(23)11-14-25(27)29-26/h3-15,17-18H,2,16H2,1H3. The third-order valence-corrected chi connectivity index (χ3v) is 5.29. The van der Waals surface area contributed by atoms with E-state index >= 15 is 0 Å². The van der Waals surface area contributed by atoms with E-state index in [2.05, 4.69) is 72.6 Å². The summed E-state index contributed by atoms with van der Waals surface area (Å²) < 4.78 is 5.73. The molecule has 0 saturated carbocycles. The number of rotatable bonds is 5. The van der Waals surface area contributed by atoms with Crippen LogP contribution in [0.2, 0.25) is 0 Å². The van der Waals surface area contributed by atoms with E-state index in [0.29, 0.717) is 0 Å². The lowest BCUT2D eigenvalue weighted by Gasteiger charge is -2.13. The molecule has 0 aliphatic heterocycles. The Hall–Kier alpha value is -3.72. The van der Waals surface area contributed by atoms with E-state index in [-0.39, 0.29) is 0 Å². The van der Waals surface area contributed by atoms with Crippen molar-refractivity contribution in [3.05, 3.63) is 91.3 Å². The summed E-state index contributed by atoms with van der Waals surface area (Å²) in [6, 6.07) is 27.2. The Kier molecular flexibility index (Phi) is 4.86. The van der Waals surface area contributed by atoms with E-state index in [1.165, 1.54) is 10.8 Å². The Labute approximate surface area is 176 Å². The van der Waals surface area contributed by atoms with Crippen LogP contribution in [0.15, 0.2) is 91.3 Å². The van der Waals surface area contributed by atoms with Crippen LogP contribution in [-0.2, 0) is 0 Å². The molecule has 3 aromatic carbocycles. The second-order valence-corrected chi connectivity index (χ2v) is 7.35. The molecule has 0 aliphatic rings. The maximum Gasteiger partial charge on any atom is 0.119 e. The fourth-order valence-corrected chi connectivity index (χ4v) is 3.85. The number of benzene rings is 3. The fourth-order valence-electron chi connectivity index (χ4n) is 3.85. The molecule has 3 heteroatoms. The zero-order chi connectivity index (χ0) is 20.3. The van der Waals surface area contributed by atoms with Crippen molar-refractivity contribution in [2.75, 3.05) is 6.61 Å². The molecule has 0 saturated heterocycles. The minimum Gasteiger partial charge on any atom is -0.494 e. The largest absolute Gasteiger partial charge is 0.494 e. The van der Waals surface area contributed by atoms with Crippen LogP contribution in [0.25, 0.3) is 44.1 Å². The highest BCUT2D eigenvalue weighted by molar-refractivity contribution is 6.13. The molecule has 2 aromatic heterocycles.